The maximum absolute atomic E-state index is 14.1. The maximum Gasteiger partial charge on any atom is 0.345 e. The first-order valence-corrected chi connectivity index (χ1v) is 13.2. The average Bonchev–Trinajstić information content (AvgIpc) is 3.18. The lowest BCUT2D eigenvalue weighted by Crippen LogP contribution is -2.57. The van der Waals surface area contributed by atoms with Crippen LogP contribution < -0.4 is 10.8 Å². The lowest BCUT2D eigenvalue weighted by atomic mass is 9.61. The van der Waals surface area contributed by atoms with Gasteiger partial charge in [-0.2, -0.15) is 8.78 Å². The molecule has 2 atom stereocenters. The van der Waals surface area contributed by atoms with Gasteiger partial charge in [0.1, 0.15) is 0 Å². The fourth-order valence-corrected chi connectivity index (χ4v) is 5.92. The van der Waals surface area contributed by atoms with E-state index < -0.39 is 35.3 Å². The maximum atomic E-state index is 14.1. The first-order chi connectivity index (χ1) is 16.6. The number of rotatable bonds is 7. The highest BCUT2D eigenvalue weighted by Gasteiger charge is 2.68. The number of hydrogen-bond donors (Lipinski definition) is 1. The van der Waals surface area contributed by atoms with Crippen LogP contribution in [0.15, 0.2) is 18.2 Å². The predicted octanol–water partition coefficient (Wildman–Crippen LogP) is 4.26. The molecule has 197 valence electrons. The number of fused-ring (bicyclic) bond motifs is 3. The van der Waals surface area contributed by atoms with Crippen molar-refractivity contribution in [1.82, 2.24) is 10.2 Å². The Morgan fingerprint density at radius 2 is 1.81 bits per heavy atom. The second-order valence-corrected chi connectivity index (χ2v) is 13.3. The standard InChI is InChI=1S/C26H37BF2N2O4P/c1-15(2)31-20(32)26(30-22(31)33)19-13-17(27-35-23(3,4)24(5,6)36)8-7-16(19)14-25(26)11-9-18(10-12-25)34-21(28)29/h7-8,13,15,18,21H,9-12,14,36H2,1-6H3,(H,30,33). The molecule has 1 aromatic rings. The van der Waals surface area contributed by atoms with Crippen LogP contribution in [0.25, 0.3) is 0 Å². The zero-order valence-electron chi connectivity index (χ0n) is 22.0. The molecule has 1 N–H and O–H groups in total. The molecule has 0 aromatic heterocycles. The van der Waals surface area contributed by atoms with Crippen LogP contribution in [-0.4, -0.2) is 53.8 Å². The zero-order valence-corrected chi connectivity index (χ0v) is 23.1. The fourth-order valence-electron chi connectivity index (χ4n) is 5.86. The molecule has 2 spiro atoms. The minimum Gasteiger partial charge on any atom is -0.429 e. The third kappa shape index (κ3) is 4.39. The highest BCUT2D eigenvalue weighted by molar-refractivity contribution is 7.19. The minimum atomic E-state index is -2.82. The van der Waals surface area contributed by atoms with Gasteiger partial charge in [-0.05, 0) is 70.9 Å². The summed E-state index contributed by atoms with van der Waals surface area (Å²) in [7, 11) is 4.52. The molecule has 2 unspecified atom stereocenters. The molecule has 36 heavy (non-hydrogen) atoms. The first-order valence-electron chi connectivity index (χ1n) is 12.7. The number of amides is 3. The van der Waals surface area contributed by atoms with E-state index in [4.69, 9.17) is 9.39 Å². The van der Waals surface area contributed by atoms with E-state index in [0.29, 0.717) is 32.1 Å². The molecule has 2 fully saturated rings. The van der Waals surface area contributed by atoms with Gasteiger partial charge in [0.15, 0.2) is 5.54 Å². The van der Waals surface area contributed by atoms with E-state index in [0.717, 1.165) is 16.6 Å². The van der Waals surface area contributed by atoms with Gasteiger partial charge in [-0.3, -0.25) is 9.69 Å². The van der Waals surface area contributed by atoms with Crippen molar-refractivity contribution in [2.24, 2.45) is 5.41 Å². The number of imide groups is 1. The summed E-state index contributed by atoms with van der Waals surface area (Å²) in [6.07, 6.45) is 1.85. The van der Waals surface area contributed by atoms with Gasteiger partial charge >= 0.3 is 20.1 Å². The Kier molecular flexibility index (Phi) is 7.11. The number of nitrogens with one attached hydrogen (secondary N) is 1. The highest BCUT2D eigenvalue weighted by atomic mass is 31.0. The SMILES string of the molecule is CC(C)N1C(=O)NC2(C1=O)c1cc([B]OC(C)(C)C(C)(C)P)ccc1CC21CCC(OC(F)F)CC1. The van der Waals surface area contributed by atoms with Crippen LogP contribution in [-0.2, 0) is 26.1 Å². The van der Waals surface area contributed by atoms with Crippen LogP contribution in [0.3, 0.4) is 0 Å². The molecule has 3 aliphatic rings. The lowest BCUT2D eigenvalue weighted by Gasteiger charge is -2.46. The number of carbonyl (C=O) groups excluding carboxylic acids is 2. The summed E-state index contributed by atoms with van der Waals surface area (Å²) in [6, 6.07) is 5.19. The number of hydrogen-bond acceptors (Lipinski definition) is 4. The van der Waals surface area contributed by atoms with Gasteiger partial charge in [0, 0.05) is 16.6 Å². The molecule has 0 bridgehead atoms. The van der Waals surface area contributed by atoms with Gasteiger partial charge in [-0.25, -0.2) is 4.79 Å². The van der Waals surface area contributed by atoms with Crippen LogP contribution in [0.4, 0.5) is 13.6 Å². The van der Waals surface area contributed by atoms with Crippen molar-refractivity contribution in [2.45, 2.75) is 109 Å². The normalized spacial score (nSPS) is 28.5. The molecule has 6 nitrogen and oxygen atoms in total. The molecular formula is C26H37BF2N2O4P. The van der Waals surface area contributed by atoms with Crippen molar-refractivity contribution in [2.75, 3.05) is 0 Å². The number of ether oxygens (including phenoxy) is 1. The molecule has 1 aliphatic heterocycles. The van der Waals surface area contributed by atoms with Crippen LogP contribution in [0.2, 0.25) is 0 Å². The van der Waals surface area contributed by atoms with Crippen LogP contribution in [0, 0.1) is 5.41 Å². The third-order valence-electron chi connectivity index (χ3n) is 8.66. The van der Waals surface area contributed by atoms with Gasteiger partial charge in [-0.1, -0.05) is 37.5 Å². The van der Waals surface area contributed by atoms with E-state index in [1.807, 2.05) is 45.9 Å². The predicted molar refractivity (Wildman–Crippen MR) is 138 cm³/mol. The van der Waals surface area contributed by atoms with Crippen LogP contribution >= 0.6 is 9.24 Å². The van der Waals surface area contributed by atoms with Crippen molar-refractivity contribution in [3.63, 3.8) is 0 Å². The summed E-state index contributed by atoms with van der Waals surface area (Å²) in [6.45, 7) is 9.00. The molecule has 3 amide bonds. The van der Waals surface area contributed by atoms with Gasteiger partial charge in [0.05, 0.1) is 11.7 Å². The van der Waals surface area contributed by atoms with E-state index in [-0.39, 0.29) is 17.1 Å². The molecule has 4 rings (SSSR count). The second kappa shape index (κ2) is 9.32. The zero-order chi connectivity index (χ0) is 26.7. The smallest absolute Gasteiger partial charge is 0.345 e. The number of nitrogens with zero attached hydrogens (tertiary/aromatic N) is 1. The van der Waals surface area contributed by atoms with Gasteiger partial charge in [-0.15, -0.1) is 9.24 Å². The summed E-state index contributed by atoms with van der Waals surface area (Å²) in [5, 5.41) is 2.91. The van der Waals surface area contributed by atoms with E-state index in [2.05, 4.69) is 28.4 Å². The molecule has 1 saturated carbocycles. The summed E-state index contributed by atoms with van der Waals surface area (Å²) >= 11 is 0. The van der Waals surface area contributed by atoms with Crippen LogP contribution in [0.5, 0.6) is 0 Å². The Morgan fingerprint density at radius 3 is 2.33 bits per heavy atom. The van der Waals surface area contributed by atoms with Gasteiger partial charge in [0.2, 0.25) is 0 Å². The summed E-state index contributed by atoms with van der Waals surface area (Å²) in [5.41, 5.74) is 0.257. The molecule has 1 saturated heterocycles. The lowest BCUT2D eigenvalue weighted by molar-refractivity contribution is -0.179. The van der Waals surface area contributed by atoms with E-state index >= 15 is 0 Å². The van der Waals surface area contributed by atoms with Gasteiger partial charge < -0.3 is 14.7 Å². The van der Waals surface area contributed by atoms with Crippen molar-refractivity contribution in [3.8, 4) is 0 Å². The Labute approximate surface area is 215 Å². The van der Waals surface area contributed by atoms with Crippen molar-refractivity contribution >= 4 is 34.1 Å². The Bertz CT molecular complexity index is 1040. The number of benzene rings is 1. The number of carbonyl (C=O) groups is 2. The molecule has 1 aromatic carbocycles. The Balaban J connectivity index is 1.72. The average molecular weight is 521 g/mol. The molecule has 10 heteroatoms. The quantitative estimate of drug-likeness (QED) is 0.331. The van der Waals surface area contributed by atoms with Gasteiger partial charge in [0.25, 0.3) is 5.91 Å². The summed E-state index contributed by atoms with van der Waals surface area (Å²) in [4.78, 5) is 28.5. The topological polar surface area (TPSA) is 67.9 Å². The number of urea groups is 1. The van der Waals surface area contributed by atoms with E-state index in [1.54, 1.807) is 7.48 Å². The molecule has 1 heterocycles. The molecular weight excluding hydrogens is 484 g/mol. The van der Waals surface area contributed by atoms with Crippen molar-refractivity contribution in [1.29, 1.82) is 0 Å². The van der Waals surface area contributed by atoms with E-state index in [1.165, 1.54) is 4.90 Å². The molecule has 1 radical (unpaired) electrons. The monoisotopic (exact) mass is 521 g/mol. The summed E-state index contributed by atoms with van der Waals surface area (Å²) in [5.74, 6) is -0.265. The van der Waals surface area contributed by atoms with Crippen molar-refractivity contribution in [3.05, 3.63) is 29.3 Å². The Hall–Kier alpha value is -1.57. The summed E-state index contributed by atoms with van der Waals surface area (Å²) < 4.78 is 36.7. The molecule has 2 aliphatic carbocycles. The Morgan fingerprint density at radius 1 is 1.17 bits per heavy atom. The van der Waals surface area contributed by atoms with Crippen molar-refractivity contribution < 1.29 is 27.8 Å². The fraction of sp³-hybridized carbons (Fsp3) is 0.692. The van der Waals surface area contributed by atoms with Crippen LogP contribution in [0.1, 0.15) is 78.4 Å². The second-order valence-electron chi connectivity index (χ2n) is 11.9. The highest BCUT2D eigenvalue weighted by Crippen LogP contribution is 2.60. The number of halogens is 2. The minimum absolute atomic E-state index is 0.183. The number of alkyl halides is 2. The largest absolute Gasteiger partial charge is 0.429 e. The first kappa shape index (κ1) is 27.5. The van der Waals surface area contributed by atoms with E-state index in [9.17, 15) is 18.4 Å². The third-order valence-corrected chi connectivity index (χ3v) is 9.35.